The van der Waals surface area contributed by atoms with Crippen LogP contribution in [0.25, 0.3) is 0 Å². The minimum atomic E-state index is -1.05. The first kappa shape index (κ1) is 21.2. The number of carbonyl (C=O) groups is 2. The molecule has 158 valence electrons. The molecule has 0 unspecified atom stereocenters. The van der Waals surface area contributed by atoms with Crippen molar-refractivity contribution in [3.63, 3.8) is 0 Å². The van der Waals surface area contributed by atoms with E-state index in [0.717, 1.165) is 44.7 Å². The van der Waals surface area contributed by atoms with Gasteiger partial charge < -0.3 is 20.3 Å². The Morgan fingerprint density at radius 2 is 2.00 bits per heavy atom. The number of ether oxygens (including phenoxy) is 1. The van der Waals surface area contributed by atoms with Crippen molar-refractivity contribution >= 4 is 12.0 Å². The molecule has 2 aliphatic rings. The summed E-state index contributed by atoms with van der Waals surface area (Å²) in [5, 5.41) is 5.35. The van der Waals surface area contributed by atoms with Gasteiger partial charge in [0.05, 0.1) is 18.2 Å². The van der Waals surface area contributed by atoms with Crippen LogP contribution in [0.2, 0.25) is 0 Å². The molecule has 2 aliphatic heterocycles. The third-order valence-electron chi connectivity index (χ3n) is 5.12. The Kier molecular flexibility index (Phi) is 6.81. The largest absolute Gasteiger partial charge is 0.463 e. The normalized spacial score (nSPS) is 21.4. The Morgan fingerprint density at radius 1 is 1.21 bits per heavy atom. The van der Waals surface area contributed by atoms with E-state index in [1.54, 1.807) is 6.92 Å². The molecule has 3 rings (SSSR count). The lowest BCUT2D eigenvalue weighted by Crippen LogP contribution is -2.48. The summed E-state index contributed by atoms with van der Waals surface area (Å²) < 4.78 is 32.4. The first-order chi connectivity index (χ1) is 13.9. The molecule has 2 heterocycles. The van der Waals surface area contributed by atoms with Gasteiger partial charge in [0.25, 0.3) is 0 Å². The lowest BCUT2D eigenvalue weighted by molar-refractivity contribution is -0.139. The van der Waals surface area contributed by atoms with Crippen molar-refractivity contribution in [3.8, 4) is 0 Å². The molecule has 9 heteroatoms. The van der Waals surface area contributed by atoms with Gasteiger partial charge in [-0.15, -0.1) is 0 Å². The fourth-order valence-electron chi connectivity index (χ4n) is 3.62. The van der Waals surface area contributed by atoms with Crippen LogP contribution >= 0.6 is 0 Å². The quantitative estimate of drug-likeness (QED) is 0.727. The number of urea groups is 1. The molecule has 1 atom stereocenters. The maximum Gasteiger partial charge on any atom is 0.338 e. The van der Waals surface area contributed by atoms with Crippen LogP contribution in [-0.2, 0) is 9.53 Å². The summed E-state index contributed by atoms with van der Waals surface area (Å²) >= 11 is 0. The molecule has 1 aromatic carbocycles. The van der Waals surface area contributed by atoms with Gasteiger partial charge in [0.2, 0.25) is 0 Å². The zero-order chi connectivity index (χ0) is 21.0. The fourth-order valence-corrected chi connectivity index (χ4v) is 3.62. The molecule has 0 bridgehead atoms. The van der Waals surface area contributed by atoms with Gasteiger partial charge in [0.15, 0.2) is 11.6 Å². The Balaban J connectivity index is 1.97. The Morgan fingerprint density at radius 3 is 2.72 bits per heavy atom. The van der Waals surface area contributed by atoms with Gasteiger partial charge in [-0.25, -0.2) is 18.4 Å². The van der Waals surface area contributed by atoms with Crippen molar-refractivity contribution in [1.82, 2.24) is 20.4 Å². The summed E-state index contributed by atoms with van der Waals surface area (Å²) in [6.07, 6.45) is 0.970. The first-order valence-corrected chi connectivity index (χ1v) is 9.72. The van der Waals surface area contributed by atoms with E-state index in [9.17, 15) is 18.4 Å². The molecule has 0 saturated carbocycles. The molecule has 1 aromatic rings. The van der Waals surface area contributed by atoms with Crippen LogP contribution in [0.4, 0.5) is 13.6 Å². The molecule has 2 amide bonds. The molecule has 0 aromatic heterocycles. The van der Waals surface area contributed by atoms with Crippen LogP contribution in [0.3, 0.4) is 0 Å². The van der Waals surface area contributed by atoms with Crippen LogP contribution in [0.1, 0.15) is 24.9 Å². The van der Waals surface area contributed by atoms with Gasteiger partial charge in [-0.3, -0.25) is 4.90 Å². The van der Waals surface area contributed by atoms with E-state index >= 15 is 0 Å². The van der Waals surface area contributed by atoms with Crippen molar-refractivity contribution in [2.75, 3.05) is 46.4 Å². The Hall–Kier alpha value is -2.52. The number of hydrogen-bond acceptors (Lipinski definition) is 5. The third kappa shape index (κ3) is 5.10. The van der Waals surface area contributed by atoms with E-state index in [1.165, 1.54) is 6.07 Å². The predicted octanol–water partition coefficient (Wildman–Crippen LogP) is 1.77. The van der Waals surface area contributed by atoms with Crippen molar-refractivity contribution < 1.29 is 23.1 Å². The molecular weight excluding hydrogens is 382 g/mol. The average molecular weight is 408 g/mol. The summed E-state index contributed by atoms with van der Waals surface area (Å²) in [5.74, 6) is -2.64. The minimum absolute atomic E-state index is 0.155. The SMILES string of the molecule is CCOC(=O)C1=C(CN2CCCN(C)CC2)NC(=O)N[C@@H]1c1ccc(F)c(F)c1. The van der Waals surface area contributed by atoms with E-state index in [-0.39, 0.29) is 17.7 Å². The Bertz CT molecular complexity index is 815. The molecule has 0 radical (unpaired) electrons. The first-order valence-electron chi connectivity index (χ1n) is 9.72. The van der Waals surface area contributed by atoms with Gasteiger partial charge in [-0.05, 0) is 51.2 Å². The fraction of sp³-hybridized carbons (Fsp3) is 0.500. The molecule has 7 nitrogen and oxygen atoms in total. The lowest BCUT2D eigenvalue weighted by Gasteiger charge is -2.32. The van der Waals surface area contributed by atoms with E-state index in [2.05, 4.69) is 27.5 Å². The van der Waals surface area contributed by atoms with Crippen molar-refractivity contribution in [2.45, 2.75) is 19.4 Å². The highest BCUT2D eigenvalue weighted by Gasteiger charge is 2.34. The monoisotopic (exact) mass is 408 g/mol. The predicted molar refractivity (Wildman–Crippen MR) is 103 cm³/mol. The molecule has 2 N–H and O–H groups in total. The summed E-state index contributed by atoms with van der Waals surface area (Å²) in [4.78, 5) is 29.4. The smallest absolute Gasteiger partial charge is 0.338 e. The number of esters is 1. The topological polar surface area (TPSA) is 73.9 Å². The number of nitrogens with one attached hydrogen (secondary N) is 2. The highest BCUT2D eigenvalue weighted by Crippen LogP contribution is 2.29. The van der Waals surface area contributed by atoms with Crippen LogP contribution in [-0.4, -0.2) is 68.2 Å². The highest BCUT2D eigenvalue weighted by molar-refractivity contribution is 5.95. The van der Waals surface area contributed by atoms with Crippen molar-refractivity contribution in [1.29, 1.82) is 0 Å². The Labute approximate surface area is 168 Å². The number of nitrogens with zero attached hydrogens (tertiary/aromatic N) is 2. The van der Waals surface area contributed by atoms with Gasteiger partial charge in [0.1, 0.15) is 0 Å². The summed E-state index contributed by atoms with van der Waals surface area (Å²) in [6.45, 7) is 5.66. The van der Waals surface area contributed by atoms with Gasteiger partial charge in [0, 0.05) is 25.3 Å². The van der Waals surface area contributed by atoms with E-state index in [1.807, 2.05) is 0 Å². The minimum Gasteiger partial charge on any atom is -0.463 e. The summed E-state index contributed by atoms with van der Waals surface area (Å²) in [6, 6.07) is 1.89. The third-order valence-corrected chi connectivity index (χ3v) is 5.12. The number of likely N-dealkylation sites (N-methyl/N-ethyl adjacent to an activating group) is 1. The van der Waals surface area contributed by atoms with E-state index in [4.69, 9.17) is 4.74 Å². The number of amides is 2. The van der Waals surface area contributed by atoms with E-state index < -0.39 is 29.7 Å². The second kappa shape index (κ2) is 9.32. The van der Waals surface area contributed by atoms with Gasteiger partial charge >= 0.3 is 12.0 Å². The number of carbonyl (C=O) groups excluding carboxylic acids is 2. The number of hydrogen-bond donors (Lipinski definition) is 2. The zero-order valence-electron chi connectivity index (χ0n) is 16.6. The van der Waals surface area contributed by atoms with Crippen LogP contribution in [0.5, 0.6) is 0 Å². The van der Waals surface area contributed by atoms with Gasteiger partial charge in [-0.2, -0.15) is 0 Å². The number of halogens is 2. The van der Waals surface area contributed by atoms with Crippen LogP contribution in [0.15, 0.2) is 29.5 Å². The molecule has 1 saturated heterocycles. The maximum atomic E-state index is 13.8. The van der Waals surface area contributed by atoms with Crippen molar-refractivity contribution in [3.05, 3.63) is 46.7 Å². The second-order valence-electron chi connectivity index (χ2n) is 7.25. The average Bonchev–Trinajstić information content (AvgIpc) is 2.88. The second-order valence-corrected chi connectivity index (χ2v) is 7.25. The van der Waals surface area contributed by atoms with Gasteiger partial charge in [-0.1, -0.05) is 6.07 Å². The number of rotatable bonds is 5. The molecule has 0 spiro atoms. The molecule has 1 fully saturated rings. The molecular formula is C20H26F2N4O3. The maximum absolute atomic E-state index is 13.8. The van der Waals surface area contributed by atoms with Crippen LogP contribution < -0.4 is 10.6 Å². The summed E-state index contributed by atoms with van der Waals surface area (Å²) in [5.41, 5.74) is 0.899. The summed E-state index contributed by atoms with van der Waals surface area (Å²) in [7, 11) is 2.05. The highest BCUT2D eigenvalue weighted by atomic mass is 19.2. The van der Waals surface area contributed by atoms with E-state index in [0.29, 0.717) is 12.2 Å². The molecule has 0 aliphatic carbocycles. The standard InChI is InChI=1S/C20H26F2N4O3/c1-3-29-19(27)17-16(12-26-8-4-7-25(2)9-10-26)23-20(28)24-18(17)13-5-6-14(21)15(22)11-13/h5-6,11,18H,3-4,7-10,12H2,1-2H3,(H2,23,24,28)/t18-/m1/s1. The number of benzene rings is 1. The zero-order valence-corrected chi connectivity index (χ0v) is 16.6. The van der Waals surface area contributed by atoms with Crippen molar-refractivity contribution in [2.24, 2.45) is 0 Å². The van der Waals surface area contributed by atoms with Crippen LogP contribution in [0, 0.1) is 11.6 Å². The lowest BCUT2D eigenvalue weighted by atomic mass is 9.94. The molecule has 29 heavy (non-hydrogen) atoms.